The van der Waals surface area contributed by atoms with Crippen molar-refractivity contribution < 1.29 is 9.53 Å². The molecule has 3 heteroatoms. The minimum Gasteiger partial charge on any atom is -0.366 e. The molecule has 1 saturated heterocycles. The Bertz CT molecular complexity index is 329. The maximum absolute atomic E-state index is 12.1. The Labute approximate surface area is 92.7 Å². The lowest BCUT2D eigenvalue weighted by molar-refractivity contribution is -0.148. The van der Waals surface area contributed by atoms with Gasteiger partial charge in [0.1, 0.15) is 5.78 Å². The van der Waals surface area contributed by atoms with E-state index >= 15 is 0 Å². The van der Waals surface area contributed by atoms with Crippen molar-refractivity contribution in [2.45, 2.75) is 44.8 Å². The highest BCUT2D eigenvalue weighted by Crippen LogP contribution is 2.46. The summed E-state index contributed by atoms with van der Waals surface area (Å²) in [5.74, 6) is 0.427. The number of carbonyl (C=O) groups is 1. The lowest BCUT2D eigenvalue weighted by Crippen LogP contribution is -2.62. The van der Waals surface area contributed by atoms with Crippen LogP contribution in [-0.2, 0) is 9.53 Å². The molecule has 0 N–H and O–H groups in total. The standard InChI is InChI=1S/C12H20O2Si/c1-8-10-6-7-12(14-10,15(3,4)5)9(2)11(8)13/h6-10H,1-5H3/t8-,9-,10+,12-/m1/s1. The minimum absolute atomic E-state index is 0.0224. The Kier molecular flexibility index (Phi) is 2.25. The summed E-state index contributed by atoms with van der Waals surface area (Å²) in [6.45, 7) is 10.8. The first-order chi connectivity index (χ1) is 6.79. The van der Waals surface area contributed by atoms with Crippen molar-refractivity contribution in [1.82, 2.24) is 0 Å². The van der Waals surface area contributed by atoms with Crippen LogP contribution in [0.15, 0.2) is 12.2 Å². The summed E-state index contributed by atoms with van der Waals surface area (Å²) >= 11 is 0. The maximum Gasteiger partial charge on any atom is 0.144 e. The third-order valence-electron chi connectivity index (χ3n) is 4.05. The lowest BCUT2D eigenvalue weighted by Gasteiger charge is -2.47. The smallest absolute Gasteiger partial charge is 0.144 e. The second-order valence-corrected chi connectivity index (χ2v) is 11.2. The zero-order valence-corrected chi connectivity index (χ0v) is 11.2. The highest BCUT2D eigenvalue weighted by molar-refractivity contribution is 6.80. The molecule has 0 unspecified atom stereocenters. The Morgan fingerprint density at radius 1 is 1.33 bits per heavy atom. The molecule has 2 heterocycles. The third kappa shape index (κ3) is 1.29. The number of ketones is 1. The summed E-state index contributed by atoms with van der Waals surface area (Å²) in [6, 6.07) is 0. The molecule has 1 fully saturated rings. The van der Waals surface area contributed by atoms with Crippen molar-refractivity contribution in [1.29, 1.82) is 0 Å². The third-order valence-corrected chi connectivity index (χ3v) is 7.11. The van der Waals surface area contributed by atoms with E-state index in [1.165, 1.54) is 0 Å². The van der Waals surface area contributed by atoms with Gasteiger partial charge in [-0.2, -0.15) is 0 Å². The van der Waals surface area contributed by atoms with E-state index in [0.29, 0.717) is 5.78 Å². The molecule has 2 aliphatic rings. The van der Waals surface area contributed by atoms with Crippen LogP contribution >= 0.6 is 0 Å². The number of rotatable bonds is 1. The molecule has 0 aromatic heterocycles. The molecule has 2 aliphatic heterocycles. The van der Waals surface area contributed by atoms with Gasteiger partial charge in [-0.15, -0.1) is 0 Å². The largest absolute Gasteiger partial charge is 0.366 e. The van der Waals surface area contributed by atoms with E-state index in [0.717, 1.165) is 0 Å². The fourth-order valence-electron chi connectivity index (χ4n) is 2.90. The van der Waals surface area contributed by atoms with Crippen molar-refractivity contribution in [2.24, 2.45) is 11.8 Å². The van der Waals surface area contributed by atoms with E-state index in [2.05, 4.69) is 31.8 Å². The average molecular weight is 224 g/mol. The monoisotopic (exact) mass is 224 g/mol. The molecule has 0 amide bonds. The highest BCUT2D eigenvalue weighted by atomic mass is 28.3. The number of carbonyl (C=O) groups excluding carboxylic acids is 1. The first-order valence-electron chi connectivity index (χ1n) is 5.70. The minimum atomic E-state index is -1.53. The molecular weight excluding hydrogens is 204 g/mol. The van der Waals surface area contributed by atoms with Crippen LogP contribution in [0.4, 0.5) is 0 Å². The van der Waals surface area contributed by atoms with Crippen LogP contribution in [0.5, 0.6) is 0 Å². The Morgan fingerprint density at radius 3 is 2.47 bits per heavy atom. The summed E-state index contributed by atoms with van der Waals surface area (Å²) in [4.78, 5) is 12.1. The first-order valence-corrected chi connectivity index (χ1v) is 9.20. The van der Waals surface area contributed by atoms with Gasteiger partial charge < -0.3 is 4.74 Å². The molecule has 0 saturated carbocycles. The quantitative estimate of drug-likeness (QED) is 0.505. The van der Waals surface area contributed by atoms with E-state index in [1.807, 2.05) is 13.8 Å². The Hall–Kier alpha value is -0.413. The molecule has 84 valence electrons. The molecule has 4 atom stereocenters. The average Bonchev–Trinajstić information content (AvgIpc) is 2.54. The normalized spacial score (nSPS) is 44.9. The van der Waals surface area contributed by atoms with Gasteiger partial charge in [-0.3, -0.25) is 4.79 Å². The van der Waals surface area contributed by atoms with Crippen molar-refractivity contribution in [2.75, 3.05) is 0 Å². The van der Waals surface area contributed by atoms with Crippen LogP contribution in [0.2, 0.25) is 19.6 Å². The summed E-state index contributed by atoms with van der Waals surface area (Å²) < 4.78 is 6.17. The van der Waals surface area contributed by atoms with Crippen LogP contribution in [0.1, 0.15) is 13.8 Å². The number of hydrogen-bond acceptors (Lipinski definition) is 2. The van der Waals surface area contributed by atoms with Crippen molar-refractivity contribution in [3.63, 3.8) is 0 Å². The predicted molar refractivity (Wildman–Crippen MR) is 63.4 cm³/mol. The second-order valence-electron chi connectivity index (χ2n) is 5.90. The van der Waals surface area contributed by atoms with Crippen LogP contribution in [0, 0.1) is 11.8 Å². The fraction of sp³-hybridized carbons (Fsp3) is 0.750. The highest BCUT2D eigenvalue weighted by Gasteiger charge is 2.58. The zero-order chi connectivity index (χ0) is 11.4. The molecule has 2 rings (SSSR count). The van der Waals surface area contributed by atoms with E-state index in [9.17, 15) is 4.79 Å². The van der Waals surface area contributed by atoms with Crippen LogP contribution in [-0.4, -0.2) is 25.2 Å². The SMILES string of the molecule is C[C@@H]1C(=O)[C@H](C)[C@@H]2C=C[C@]1([Si](C)(C)C)O2. The second kappa shape index (κ2) is 3.05. The summed E-state index contributed by atoms with van der Waals surface area (Å²) in [7, 11) is -1.53. The molecule has 0 aromatic rings. The summed E-state index contributed by atoms with van der Waals surface area (Å²) in [5.41, 5.74) is 0. The number of ether oxygens (including phenoxy) is 1. The van der Waals surface area contributed by atoms with Crippen molar-refractivity contribution >= 4 is 13.9 Å². The molecule has 0 aliphatic carbocycles. The van der Waals surface area contributed by atoms with Gasteiger partial charge in [-0.05, 0) is 0 Å². The van der Waals surface area contributed by atoms with E-state index in [-0.39, 0.29) is 23.2 Å². The molecule has 2 nitrogen and oxygen atoms in total. The van der Waals surface area contributed by atoms with Gasteiger partial charge in [-0.1, -0.05) is 45.6 Å². The van der Waals surface area contributed by atoms with Gasteiger partial charge in [-0.25, -0.2) is 0 Å². The topological polar surface area (TPSA) is 26.3 Å². The van der Waals surface area contributed by atoms with Crippen LogP contribution < -0.4 is 0 Å². The van der Waals surface area contributed by atoms with Crippen molar-refractivity contribution in [3.8, 4) is 0 Å². The first kappa shape index (κ1) is 11.1. The van der Waals surface area contributed by atoms with Gasteiger partial charge in [0.2, 0.25) is 0 Å². The Balaban J connectivity index is 2.45. The van der Waals surface area contributed by atoms with Crippen LogP contribution in [0.25, 0.3) is 0 Å². The van der Waals surface area contributed by atoms with E-state index in [1.54, 1.807) is 0 Å². The van der Waals surface area contributed by atoms with Gasteiger partial charge in [0, 0.05) is 11.8 Å². The predicted octanol–water partition coefficient (Wildman–Crippen LogP) is 2.41. The fourth-order valence-corrected chi connectivity index (χ4v) is 5.43. The summed E-state index contributed by atoms with van der Waals surface area (Å²) in [6.07, 6.45) is 4.31. The zero-order valence-electron chi connectivity index (χ0n) is 10.2. The molecule has 0 aromatic carbocycles. The van der Waals surface area contributed by atoms with Crippen LogP contribution in [0.3, 0.4) is 0 Å². The van der Waals surface area contributed by atoms with Gasteiger partial charge in [0.05, 0.1) is 19.4 Å². The lowest BCUT2D eigenvalue weighted by atomic mass is 9.87. The van der Waals surface area contributed by atoms with Gasteiger partial charge in [0.25, 0.3) is 0 Å². The van der Waals surface area contributed by atoms with Gasteiger partial charge >= 0.3 is 0 Å². The van der Waals surface area contributed by atoms with E-state index in [4.69, 9.17) is 4.74 Å². The molecular formula is C12H20O2Si. The molecule has 15 heavy (non-hydrogen) atoms. The van der Waals surface area contributed by atoms with E-state index < -0.39 is 8.07 Å². The summed E-state index contributed by atoms with van der Waals surface area (Å²) in [5, 5.41) is -0.249. The maximum atomic E-state index is 12.1. The van der Waals surface area contributed by atoms with Crippen molar-refractivity contribution in [3.05, 3.63) is 12.2 Å². The van der Waals surface area contributed by atoms with Gasteiger partial charge in [0.15, 0.2) is 0 Å². The molecule has 2 bridgehead atoms. The number of fused-ring (bicyclic) bond motifs is 2. The number of Topliss-reactive ketones (excluding diaryl/α,β-unsaturated/α-hetero) is 1. The number of hydrogen-bond donors (Lipinski definition) is 0. The molecule has 0 spiro atoms. The molecule has 0 radical (unpaired) electrons. The Morgan fingerprint density at radius 2 is 1.93 bits per heavy atom.